The number of hydrazine groups is 1. The van der Waals surface area contributed by atoms with Gasteiger partial charge in [0.05, 0.1) is 17.6 Å². The monoisotopic (exact) mass is 533 g/mol. The summed E-state index contributed by atoms with van der Waals surface area (Å²) in [4.78, 5) is 13.1. The molecule has 0 saturated carbocycles. The van der Waals surface area contributed by atoms with E-state index in [0.717, 1.165) is 22.2 Å². The number of anilines is 3. The van der Waals surface area contributed by atoms with Crippen molar-refractivity contribution in [3.05, 3.63) is 95.3 Å². The van der Waals surface area contributed by atoms with Gasteiger partial charge in [0.1, 0.15) is 36.1 Å². The van der Waals surface area contributed by atoms with Gasteiger partial charge in [-0.05, 0) is 42.0 Å². The van der Waals surface area contributed by atoms with E-state index in [1.54, 1.807) is 37.6 Å². The maximum absolute atomic E-state index is 13.4. The summed E-state index contributed by atoms with van der Waals surface area (Å²) in [5.41, 5.74) is 9.31. The number of benzene rings is 3. The summed E-state index contributed by atoms with van der Waals surface area (Å²) < 4.78 is 26.7. The van der Waals surface area contributed by atoms with Gasteiger partial charge in [-0.1, -0.05) is 23.7 Å². The first-order chi connectivity index (χ1) is 18.5. The molecule has 0 amide bonds. The number of hydrogen-bond donors (Lipinski definition) is 3. The van der Waals surface area contributed by atoms with Crippen LogP contribution in [0.2, 0.25) is 5.02 Å². The highest BCUT2D eigenvalue weighted by molar-refractivity contribution is 6.32. The maximum Gasteiger partial charge on any atom is 0.217 e. The van der Waals surface area contributed by atoms with Gasteiger partial charge in [-0.25, -0.2) is 24.8 Å². The van der Waals surface area contributed by atoms with Gasteiger partial charge in [0.2, 0.25) is 5.95 Å². The van der Waals surface area contributed by atoms with E-state index < -0.39 is 0 Å². The lowest BCUT2D eigenvalue weighted by molar-refractivity contribution is 0.306. The van der Waals surface area contributed by atoms with E-state index in [1.807, 2.05) is 36.0 Å². The minimum atomic E-state index is -0.310. The summed E-state index contributed by atoms with van der Waals surface area (Å²) in [7, 11) is 3.52. The second-order valence-electron chi connectivity index (χ2n) is 8.43. The van der Waals surface area contributed by atoms with Crippen LogP contribution in [0.1, 0.15) is 11.1 Å². The zero-order valence-electron chi connectivity index (χ0n) is 20.7. The summed E-state index contributed by atoms with van der Waals surface area (Å²) >= 11 is 6.48. The van der Waals surface area contributed by atoms with E-state index in [-0.39, 0.29) is 12.4 Å². The molecule has 3 aromatic carbocycles. The van der Waals surface area contributed by atoms with Crippen LogP contribution < -0.4 is 25.6 Å². The van der Waals surface area contributed by atoms with Crippen LogP contribution >= 0.6 is 11.6 Å². The molecule has 0 aliphatic carbocycles. The molecule has 0 radical (unpaired) electrons. The highest BCUT2D eigenvalue weighted by Gasteiger charge is 2.12. The number of halogens is 2. The SMILES string of the molecule is COc1cc2ncnc(Nc3ccc(OCc4cccc(F)c4)c(Cl)c3)c2cc1CNNc1nccn1C. The second-order valence-corrected chi connectivity index (χ2v) is 8.84. The zero-order valence-corrected chi connectivity index (χ0v) is 21.5. The summed E-state index contributed by atoms with van der Waals surface area (Å²) in [6.07, 6.45) is 5.05. The fraction of sp³-hybridized carbons (Fsp3) is 0.148. The van der Waals surface area contributed by atoms with E-state index in [9.17, 15) is 4.39 Å². The third-order valence-electron chi connectivity index (χ3n) is 5.82. The zero-order chi connectivity index (χ0) is 26.5. The second kappa shape index (κ2) is 11.3. The van der Waals surface area contributed by atoms with Gasteiger partial charge in [-0.15, -0.1) is 0 Å². The van der Waals surface area contributed by atoms with Gasteiger partial charge < -0.3 is 19.4 Å². The Bertz CT molecular complexity index is 1580. The molecule has 5 rings (SSSR count). The highest BCUT2D eigenvalue weighted by Crippen LogP contribution is 2.33. The first kappa shape index (κ1) is 25.2. The largest absolute Gasteiger partial charge is 0.496 e. The molecule has 0 aliphatic heterocycles. The Morgan fingerprint density at radius 3 is 2.68 bits per heavy atom. The molecule has 3 N–H and O–H groups in total. The van der Waals surface area contributed by atoms with Gasteiger partial charge in [0.25, 0.3) is 0 Å². The first-order valence-electron chi connectivity index (χ1n) is 11.7. The third-order valence-corrected chi connectivity index (χ3v) is 6.11. The average Bonchev–Trinajstić information content (AvgIpc) is 3.32. The minimum Gasteiger partial charge on any atom is -0.496 e. The molecule has 194 valence electrons. The number of hydrogen-bond acceptors (Lipinski definition) is 8. The number of ether oxygens (including phenoxy) is 2. The Hall–Kier alpha value is -4.41. The number of aryl methyl sites for hydroxylation is 1. The number of methoxy groups -OCH3 is 1. The van der Waals surface area contributed by atoms with E-state index in [1.165, 1.54) is 18.5 Å². The van der Waals surface area contributed by atoms with Crippen molar-refractivity contribution in [1.82, 2.24) is 24.9 Å². The summed E-state index contributed by atoms with van der Waals surface area (Å²) in [6.45, 7) is 0.665. The lowest BCUT2D eigenvalue weighted by Crippen LogP contribution is -2.23. The summed E-state index contributed by atoms with van der Waals surface area (Å²) in [5.74, 6) is 2.18. The summed E-state index contributed by atoms with van der Waals surface area (Å²) in [5, 5.41) is 4.54. The normalized spacial score (nSPS) is 10.9. The molecule has 38 heavy (non-hydrogen) atoms. The lowest BCUT2D eigenvalue weighted by Gasteiger charge is -2.15. The number of nitrogens with one attached hydrogen (secondary N) is 3. The topological polar surface area (TPSA) is 98.2 Å². The fourth-order valence-electron chi connectivity index (χ4n) is 3.88. The van der Waals surface area contributed by atoms with Gasteiger partial charge in [0.15, 0.2) is 0 Å². The predicted molar refractivity (Wildman–Crippen MR) is 145 cm³/mol. The maximum atomic E-state index is 13.4. The number of aromatic nitrogens is 4. The molecule has 0 fully saturated rings. The quantitative estimate of drug-likeness (QED) is 0.199. The molecule has 2 heterocycles. The van der Waals surface area contributed by atoms with Crippen molar-refractivity contribution < 1.29 is 13.9 Å². The van der Waals surface area contributed by atoms with Gasteiger partial charge in [-0.3, -0.25) is 5.43 Å². The molecule has 0 saturated heterocycles. The molecule has 5 aromatic rings. The van der Waals surface area contributed by atoms with Crippen molar-refractivity contribution in [3.63, 3.8) is 0 Å². The van der Waals surface area contributed by atoms with E-state index in [0.29, 0.717) is 40.4 Å². The number of fused-ring (bicyclic) bond motifs is 1. The standard InChI is InChI=1S/C27H25ClFN7O2/c1-36-9-8-30-27(36)35-33-14-18-11-21-23(13-25(18)37-2)31-16-32-26(21)34-20-6-7-24(22(28)12-20)38-15-17-4-3-5-19(29)10-17/h3-13,16,33H,14-15H2,1-2H3,(H,30,35)(H,31,32,34). The van der Waals surface area contributed by atoms with Crippen molar-refractivity contribution >= 4 is 40.0 Å². The van der Waals surface area contributed by atoms with Crippen LogP contribution in [-0.2, 0) is 20.2 Å². The number of rotatable bonds is 10. The molecular weight excluding hydrogens is 509 g/mol. The molecule has 2 aromatic heterocycles. The minimum absolute atomic E-state index is 0.203. The van der Waals surface area contributed by atoms with Gasteiger partial charge in [-0.2, -0.15) is 0 Å². The van der Waals surface area contributed by atoms with Crippen molar-refractivity contribution in [2.24, 2.45) is 7.05 Å². The highest BCUT2D eigenvalue weighted by atomic mass is 35.5. The van der Waals surface area contributed by atoms with Crippen LogP contribution in [0.25, 0.3) is 10.9 Å². The molecule has 11 heteroatoms. The molecule has 0 bridgehead atoms. The smallest absolute Gasteiger partial charge is 0.217 e. The van der Waals surface area contributed by atoms with Crippen LogP contribution in [0.5, 0.6) is 11.5 Å². The van der Waals surface area contributed by atoms with E-state index >= 15 is 0 Å². The van der Waals surface area contributed by atoms with Gasteiger partial charge >= 0.3 is 0 Å². The first-order valence-corrected chi connectivity index (χ1v) is 12.1. The third kappa shape index (κ3) is 5.77. The van der Waals surface area contributed by atoms with Crippen LogP contribution in [-0.4, -0.2) is 26.6 Å². The van der Waals surface area contributed by atoms with Crippen LogP contribution in [0, 0.1) is 5.82 Å². The molecule has 0 atom stereocenters. The van der Waals surface area contributed by atoms with Crippen molar-refractivity contribution in [1.29, 1.82) is 0 Å². The number of imidazole rings is 1. The summed E-state index contributed by atoms with van der Waals surface area (Å²) in [6, 6.07) is 15.4. The number of nitrogens with zero attached hydrogens (tertiary/aromatic N) is 4. The lowest BCUT2D eigenvalue weighted by atomic mass is 10.1. The van der Waals surface area contributed by atoms with Crippen molar-refractivity contribution in [3.8, 4) is 11.5 Å². The molecule has 0 aliphatic rings. The van der Waals surface area contributed by atoms with E-state index in [2.05, 4.69) is 31.1 Å². The molecule has 0 unspecified atom stereocenters. The fourth-order valence-corrected chi connectivity index (χ4v) is 4.12. The van der Waals surface area contributed by atoms with Crippen LogP contribution in [0.4, 0.5) is 21.8 Å². The predicted octanol–water partition coefficient (Wildman–Crippen LogP) is 5.60. The van der Waals surface area contributed by atoms with Crippen LogP contribution in [0.3, 0.4) is 0 Å². The Balaban J connectivity index is 1.33. The average molecular weight is 534 g/mol. The van der Waals surface area contributed by atoms with Crippen molar-refractivity contribution in [2.45, 2.75) is 13.2 Å². The Kier molecular flexibility index (Phi) is 7.52. The Labute approximate surface area is 223 Å². The molecular formula is C27H25ClFN7O2. The van der Waals surface area contributed by atoms with Crippen LogP contribution in [0.15, 0.2) is 73.3 Å². The van der Waals surface area contributed by atoms with Crippen molar-refractivity contribution in [2.75, 3.05) is 17.9 Å². The molecule has 0 spiro atoms. The Morgan fingerprint density at radius 2 is 1.92 bits per heavy atom. The Morgan fingerprint density at radius 1 is 1.03 bits per heavy atom. The van der Waals surface area contributed by atoms with E-state index in [4.69, 9.17) is 21.1 Å². The van der Waals surface area contributed by atoms with Gasteiger partial charge in [0, 0.05) is 48.7 Å². The molecule has 9 nitrogen and oxygen atoms in total.